The van der Waals surface area contributed by atoms with E-state index in [1.807, 2.05) is 11.0 Å². The first-order valence-electron chi connectivity index (χ1n) is 7.20. The van der Waals surface area contributed by atoms with Gasteiger partial charge >= 0.3 is 0 Å². The molecule has 0 saturated carbocycles. The molecule has 1 amide bonds. The number of nitrogens with one attached hydrogen (secondary N) is 1. The quantitative estimate of drug-likeness (QED) is 0.656. The predicted molar refractivity (Wildman–Crippen MR) is 80.4 cm³/mol. The van der Waals surface area contributed by atoms with Crippen LogP contribution in [0, 0.1) is 11.8 Å². The van der Waals surface area contributed by atoms with E-state index < -0.39 is 0 Å². The van der Waals surface area contributed by atoms with Gasteiger partial charge in [-0.15, -0.1) is 0 Å². The van der Waals surface area contributed by atoms with Gasteiger partial charge in [-0.2, -0.15) is 0 Å². The third kappa shape index (κ3) is 2.93. The van der Waals surface area contributed by atoms with Crippen molar-refractivity contribution in [3.8, 4) is 0 Å². The predicted octanol–water partition coefficient (Wildman–Crippen LogP) is 2.22. The molecule has 2 unspecified atom stereocenters. The second kappa shape index (κ2) is 5.79. The fourth-order valence-corrected chi connectivity index (χ4v) is 2.52. The highest BCUT2D eigenvalue weighted by Crippen LogP contribution is 2.25. The molecule has 1 saturated heterocycles. The normalized spacial score (nSPS) is 22.4. The van der Waals surface area contributed by atoms with Crippen molar-refractivity contribution in [2.45, 2.75) is 33.6 Å². The van der Waals surface area contributed by atoms with Crippen molar-refractivity contribution in [2.24, 2.45) is 17.7 Å². The molecule has 0 aromatic carbocycles. The summed E-state index contributed by atoms with van der Waals surface area (Å²) in [4.78, 5) is 18.9. The molecule has 2 atom stereocenters. The molecule has 0 spiro atoms. The van der Waals surface area contributed by atoms with Gasteiger partial charge in [0.2, 0.25) is 0 Å². The first kappa shape index (κ1) is 14.8. The summed E-state index contributed by atoms with van der Waals surface area (Å²) in [6, 6.07) is 3.60. The molecular formula is C15H24N4O. The van der Waals surface area contributed by atoms with Crippen molar-refractivity contribution >= 4 is 11.7 Å². The van der Waals surface area contributed by atoms with E-state index in [4.69, 9.17) is 5.84 Å². The summed E-state index contributed by atoms with van der Waals surface area (Å²) < 4.78 is 0. The summed E-state index contributed by atoms with van der Waals surface area (Å²) in [5, 5.41) is 0. The highest BCUT2D eigenvalue weighted by atomic mass is 16.2. The van der Waals surface area contributed by atoms with Crippen LogP contribution < -0.4 is 11.3 Å². The summed E-state index contributed by atoms with van der Waals surface area (Å²) in [5.74, 6) is 7.42. The third-order valence-corrected chi connectivity index (χ3v) is 4.11. The summed E-state index contributed by atoms with van der Waals surface area (Å²) in [5.41, 5.74) is 4.09. The van der Waals surface area contributed by atoms with E-state index in [0.717, 1.165) is 18.8 Å². The Labute approximate surface area is 120 Å². The fourth-order valence-electron chi connectivity index (χ4n) is 2.52. The van der Waals surface area contributed by atoms with Gasteiger partial charge in [-0.05, 0) is 29.9 Å². The summed E-state index contributed by atoms with van der Waals surface area (Å²) in [6.45, 7) is 10.1. The standard InChI is InChI=1S/C15H24N4O/c1-9(2)13-5-12(6-14(17-13)18-16)15(20)19-7-10(3)11(4)8-19/h5-6,9-11H,7-8,16H2,1-4H3,(H,17,18). The zero-order valence-electron chi connectivity index (χ0n) is 12.7. The topological polar surface area (TPSA) is 71.2 Å². The molecule has 0 aliphatic carbocycles. The number of nitrogens with zero attached hydrogens (tertiary/aromatic N) is 2. The van der Waals surface area contributed by atoms with Crippen molar-refractivity contribution in [1.29, 1.82) is 0 Å². The minimum Gasteiger partial charge on any atom is -0.338 e. The minimum absolute atomic E-state index is 0.0713. The molecule has 0 bridgehead atoms. The van der Waals surface area contributed by atoms with Crippen LogP contribution in [0.2, 0.25) is 0 Å². The Morgan fingerprint density at radius 1 is 1.35 bits per heavy atom. The zero-order chi connectivity index (χ0) is 14.9. The van der Waals surface area contributed by atoms with Crippen molar-refractivity contribution < 1.29 is 4.79 Å². The van der Waals surface area contributed by atoms with Crippen LogP contribution in [0.4, 0.5) is 5.82 Å². The molecule has 2 rings (SSSR count). The molecular weight excluding hydrogens is 252 g/mol. The highest BCUT2D eigenvalue weighted by molar-refractivity contribution is 5.95. The van der Waals surface area contributed by atoms with Crippen LogP contribution in [-0.2, 0) is 0 Å². The first-order valence-corrected chi connectivity index (χ1v) is 7.20. The van der Waals surface area contributed by atoms with Crippen LogP contribution in [0.25, 0.3) is 0 Å². The van der Waals surface area contributed by atoms with E-state index >= 15 is 0 Å². The largest absolute Gasteiger partial charge is 0.338 e. The van der Waals surface area contributed by atoms with Gasteiger partial charge in [0.25, 0.3) is 5.91 Å². The van der Waals surface area contributed by atoms with Crippen LogP contribution in [0.15, 0.2) is 12.1 Å². The molecule has 1 aliphatic rings. The van der Waals surface area contributed by atoms with Crippen molar-refractivity contribution in [2.75, 3.05) is 18.5 Å². The number of rotatable bonds is 3. The van der Waals surface area contributed by atoms with Crippen LogP contribution in [0.3, 0.4) is 0 Å². The lowest BCUT2D eigenvalue weighted by atomic mass is 10.0. The van der Waals surface area contributed by atoms with Gasteiger partial charge in [-0.3, -0.25) is 4.79 Å². The van der Waals surface area contributed by atoms with Gasteiger partial charge in [0.1, 0.15) is 5.82 Å². The number of hydrazine groups is 1. The summed E-state index contributed by atoms with van der Waals surface area (Å²) >= 11 is 0. The van der Waals surface area contributed by atoms with Gasteiger partial charge in [-0.1, -0.05) is 27.7 Å². The van der Waals surface area contributed by atoms with Crippen LogP contribution >= 0.6 is 0 Å². The summed E-state index contributed by atoms with van der Waals surface area (Å²) in [7, 11) is 0. The molecule has 1 aromatic rings. The van der Waals surface area contributed by atoms with Gasteiger partial charge in [0.05, 0.1) is 0 Å². The minimum atomic E-state index is 0.0713. The third-order valence-electron chi connectivity index (χ3n) is 4.11. The van der Waals surface area contributed by atoms with Gasteiger partial charge in [0.15, 0.2) is 0 Å². The van der Waals surface area contributed by atoms with Gasteiger partial charge < -0.3 is 10.3 Å². The van der Waals surface area contributed by atoms with Crippen LogP contribution in [0.1, 0.15) is 49.7 Å². The molecule has 2 heterocycles. The Bertz CT molecular complexity index is 491. The average molecular weight is 276 g/mol. The first-order chi connectivity index (χ1) is 9.42. The fraction of sp³-hybridized carbons (Fsp3) is 0.600. The maximum atomic E-state index is 12.6. The smallest absolute Gasteiger partial charge is 0.254 e. The number of carbonyl (C=O) groups is 1. The number of pyridine rings is 1. The molecule has 1 fully saturated rings. The maximum Gasteiger partial charge on any atom is 0.254 e. The SMILES string of the molecule is CC(C)c1cc(C(=O)N2CC(C)C(C)C2)cc(NN)n1. The Hall–Kier alpha value is -1.62. The average Bonchev–Trinajstić information content (AvgIpc) is 2.77. The lowest BCUT2D eigenvalue weighted by molar-refractivity contribution is 0.0785. The van der Waals surface area contributed by atoms with Crippen molar-refractivity contribution in [1.82, 2.24) is 9.88 Å². The van der Waals surface area contributed by atoms with E-state index in [9.17, 15) is 4.79 Å². The van der Waals surface area contributed by atoms with E-state index in [1.54, 1.807) is 6.07 Å². The van der Waals surface area contributed by atoms with Crippen molar-refractivity contribution in [3.05, 3.63) is 23.4 Å². The molecule has 1 aromatic heterocycles. The number of anilines is 1. The Morgan fingerprint density at radius 2 is 1.95 bits per heavy atom. The molecule has 0 radical (unpaired) electrons. The number of carbonyl (C=O) groups excluding carboxylic acids is 1. The number of amides is 1. The molecule has 5 nitrogen and oxygen atoms in total. The maximum absolute atomic E-state index is 12.6. The lowest BCUT2D eigenvalue weighted by Crippen LogP contribution is -2.29. The Kier molecular flexibility index (Phi) is 4.28. The lowest BCUT2D eigenvalue weighted by Gasteiger charge is -2.18. The summed E-state index contributed by atoms with van der Waals surface area (Å²) in [6.07, 6.45) is 0. The number of likely N-dealkylation sites (tertiary alicyclic amines) is 1. The van der Waals surface area contributed by atoms with Gasteiger partial charge in [-0.25, -0.2) is 10.8 Å². The van der Waals surface area contributed by atoms with E-state index in [2.05, 4.69) is 38.1 Å². The molecule has 5 heteroatoms. The second-order valence-electron chi connectivity index (χ2n) is 6.13. The Balaban J connectivity index is 2.27. The highest BCUT2D eigenvalue weighted by Gasteiger charge is 2.30. The van der Waals surface area contributed by atoms with Crippen molar-refractivity contribution in [3.63, 3.8) is 0 Å². The number of nitrogens with two attached hydrogens (primary N) is 1. The molecule has 20 heavy (non-hydrogen) atoms. The zero-order valence-corrected chi connectivity index (χ0v) is 12.7. The monoisotopic (exact) mass is 276 g/mol. The number of aromatic nitrogens is 1. The van der Waals surface area contributed by atoms with E-state index in [1.165, 1.54) is 0 Å². The number of hydrogen-bond acceptors (Lipinski definition) is 4. The van der Waals surface area contributed by atoms with Crippen LogP contribution in [-0.4, -0.2) is 28.9 Å². The molecule has 3 N–H and O–H groups in total. The van der Waals surface area contributed by atoms with E-state index in [-0.39, 0.29) is 11.8 Å². The molecule has 1 aliphatic heterocycles. The number of hydrogen-bond donors (Lipinski definition) is 2. The number of nitrogen functional groups attached to an aromatic ring is 1. The van der Waals surface area contributed by atoms with Crippen LogP contribution in [0.5, 0.6) is 0 Å². The molecule has 110 valence electrons. The van der Waals surface area contributed by atoms with Gasteiger partial charge in [0, 0.05) is 24.3 Å². The van der Waals surface area contributed by atoms with E-state index in [0.29, 0.717) is 23.2 Å². The Morgan fingerprint density at radius 3 is 2.45 bits per heavy atom. The second-order valence-corrected chi connectivity index (χ2v) is 6.13.